The van der Waals surface area contributed by atoms with Gasteiger partial charge >= 0.3 is 0 Å². The molecule has 0 aliphatic heterocycles. The molecular weight excluding hydrogens is 372 g/mol. The van der Waals surface area contributed by atoms with Gasteiger partial charge in [-0.2, -0.15) is 0 Å². The molecule has 24 heavy (non-hydrogen) atoms. The molecule has 5 nitrogen and oxygen atoms in total. The van der Waals surface area contributed by atoms with Gasteiger partial charge < -0.3 is 20.1 Å². The minimum absolute atomic E-state index is 0.115. The molecule has 0 atom stereocenters. The summed E-state index contributed by atoms with van der Waals surface area (Å²) in [6.07, 6.45) is 0. The molecule has 0 saturated carbocycles. The molecule has 0 spiro atoms. The molecule has 2 N–H and O–H groups in total. The lowest BCUT2D eigenvalue weighted by Crippen LogP contribution is -2.21. The summed E-state index contributed by atoms with van der Waals surface area (Å²) >= 11 is 3.43. The number of nitrogens with one attached hydrogen (secondary N) is 2. The maximum Gasteiger partial charge on any atom is 0.243 e. The quantitative estimate of drug-likeness (QED) is 0.635. The van der Waals surface area contributed by atoms with Crippen molar-refractivity contribution < 1.29 is 14.3 Å². The zero-order chi connectivity index (χ0) is 17.2. The molecule has 0 heterocycles. The lowest BCUT2D eigenvalue weighted by Gasteiger charge is -2.10. The first-order chi connectivity index (χ1) is 11.7. The van der Waals surface area contributed by atoms with E-state index in [2.05, 4.69) is 26.6 Å². The third-order valence-electron chi connectivity index (χ3n) is 3.15. The number of para-hydroxylation sites is 1. The Hall–Kier alpha value is -2.05. The molecule has 2 aromatic carbocycles. The first kappa shape index (κ1) is 18.3. The Kier molecular flexibility index (Phi) is 7.58. The molecule has 0 aromatic heterocycles. The lowest BCUT2D eigenvalue weighted by atomic mass is 10.3. The van der Waals surface area contributed by atoms with Gasteiger partial charge in [0, 0.05) is 22.5 Å². The number of amides is 1. The number of carbonyl (C=O) groups excluding carboxylic acids is 1. The normalized spacial score (nSPS) is 10.2. The molecule has 0 saturated heterocycles. The molecule has 2 rings (SSSR count). The van der Waals surface area contributed by atoms with Crippen LogP contribution in [-0.4, -0.2) is 32.3 Å². The van der Waals surface area contributed by atoms with Crippen molar-refractivity contribution in [1.29, 1.82) is 0 Å². The largest absolute Gasteiger partial charge is 0.491 e. The fourth-order valence-corrected chi connectivity index (χ4v) is 2.41. The molecule has 0 aliphatic carbocycles. The second-order valence-corrected chi connectivity index (χ2v) is 5.81. The van der Waals surface area contributed by atoms with E-state index in [0.29, 0.717) is 19.8 Å². The Morgan fingerprint density at radius 2 is 1.83 bits per heavy atom. The summed E-state index contributed by atoms with van der Waals surface area (Å²) in [6.45, 7) is 3.89. The van der Waals surface area contributed by atoms with Gasteiger partial charge in [-0.1, -0.05) is 12.1 Å². The highest BCUT2D eigenvalue weighted by Gasteiger charge is 2.04. The number of benzene rings is 2. The Morgan fingerprint density at radius 3 is 2.54 bits per heavy atom. The monoisotopic (exact) mass is 392 g/mol. The summed E-state index contributed by atoms with van der Waals surface area (Å²) in [4.78, 5) is 12.0. The zero-order valence-corrected chi connectivity index (χ0v) is 15.1. The van der Waals surface area contributed by atoms with Crippen LogP contribution in [0.2, 0.25) is 0 Å². The standard InChI is InChI=1S/C18H21BrN2O3/c1-2-23-11-12-24-15-9-7-14(8-10-15)21-18(22)13-20-17-6-4-3-5-16(17)19/h3-10,20H,2,11-13H2,1H3,(H,21,22). The molecule has 0 aliphatic rings. The second kappa shape index (κ2) is 9.95. The van der Waals surface area contributed by atoms with Crippen molar-refractivity contribution >= 4 is 33.2 Å². The number of hydrogen-bond acceptors (Lipinski definition) is 4. The van der Waals surface area contributed by atoms with Crippen molar-refractivity contribution in [2.75, 3.05) is 37.0 Å². The van der Waals surface area contributed by atoms with E-state index in [4.69, 9.17) is 9.47 Å². The summed E-state index contributed by atoms with van der Waals surface area (Å²) < 4.78 is 11.7. The van der Waals surface area contributed by atoms with Gasteiger partial charge in [0.1, 0.15) is 12.4 Å². The average Bonchev–Trinajstić information content (AvgIpc) is 2.59. The smallest absolute Gasteiger partial charge is 0.243 e. The number of carbonyl (C=O) groups is 1. The van der Waals surface area contributed by atoms with Crippen molar-refractivity contribution in [1.82, 2.24) is 0 Å². The average molecular weight is 393 g/mol. The van der Waals surface area contributed by atoms with Crippen LogP contribution in [0.1, 0.15) is 6.92 Å². The van der Waals surface area contributed by atoms with Crippen LogP contribution in [0.4, 0.5) is 11.4 Å². The summed E-state index contributed by atoms with van der Waals surface area (Å²) in [5.74, 6) is 0.634. The predicted molar refractivity (Wildman–Crippen MR) is 99.7 cm³/mol. The number of rotatable bonds is 9. The Balaban J connectivity index is 1.76. The van der Waals surface area contributed by atoms with E-state index in [-0.39, 0.29) is 12.5 Å². The van der Waals surface area contributed by atoms with Crippen LogP contribution in [0.15, 0.2) is 53.0 Å². The van der Waals surface area contributed by atoms with Crippen molar-refractivity contribution in [3.8, 4) is 5.75 Å². The van der Waals surface area contributed by atoms with E-state index in [9.17, 15) is 4.79 Å². The fourth-order valence-electron chi connectivity index (χ4n) is 1.98. The van der Waals surface area contributed by atoms with Crippen molar-refractivity contribution in [2.24, 2.45) is 0 Å². The molecule has 6 heteroatoms. The Bertz CT molecular complexity index is 647. The molecule has 128 valence electrons. The van der Waals surface area contributed by atoms with Crippen LogP contribution >= 0.6 is 15.9 Å². The first-order valence-corrected chi connectivity index (χ1v) is 8.57. The third-order valence-corrected chi connectivity index (χ3v) is 3.84. The minimum atomic E-state index is -0.115. The van der Waals surface area contributed by atoms with Gasteiger partial charge in [-0.3, -0.25) is 4.79 Å². The van der Waals surface area contributed by atoms with Gasteiger partial charge in [0.25, 0.3) is 0 Å². The van der Waals surface area contributed by atoms with Gasteiger partial charge in [-0.05, 0) is 59.3 Å². The first-order valence-electron chi connectivity index (χ1n) is 7.78. The van der Waals surface area contributed by atoms with E-state index in [0.717, 1.165) is 21.6 Å². The van der Waals surface area contributed by atoms with E-state index in [1.165, 1.54) is 0 Å². The lowest BCUT2D eigenvalue weighted by molar-refractivity contribution is -0.114. The zero-order valence-electron chi connectivity index (χ0n) is 13.5. The van der Waals surface area contributed by atoms with Gasteiger partial charge in [-0.15, -0.1) is 0 Å². The van der Waals surface area contributed by atoms with Crippen LogP contribution in [0.3, 0.4) is 0 Å². The Morgan fingerprint density at radius 1 is 1.08 bits per heavy atom. The second-order valence-electron chi connectivity index (χ2n) is 4.95. The van der Waals surface area contributed by atoms with Gasteiger partial charge in [0.2, 0.25) is 5.91 Å². The number of anilines is 2. The van der Waals surface area contributed by atoms with Gasteiger partial charge in [0.05, 0.1) is 13.2 Å². The molecule has 2 aromatic rings. The summed E-state index contributed by atoms with van der Waals surface area (Å²) in [7, 11) is 0. The SMILES string of the molecule is CCOCCOc1ccc(NC(=O)CNc2ccccc2Br)cc1. The highest BCUT2D eigenvalue weighted by atomic mass is 79.9. The maximum absolute atomic E-state index is 12.0. The van der Waals surface area contributed by atoms with Gasteiger partial charge in [0.15, 0.2) is 0 Å². The highest BCUT2D eigenvalue weighted by molar-refractivity contribution is 9.10. The van der Waals surface area contributed by atoms with E-state index >= 15 is 0 Å². The predicted octanol–water partition coefficient (Wildman–Crippen LogP) is 3.92. The molecular formula is C18H21BrN2O3. The molecule has 0 bridgehead atoms. The highest BCUT2D eigenvalue weighted by Crippen LogP contribution is 2.21. The van der Waals surface area contributed by atoms with Crippen LogP contribution in [-0.2, 0) is 9.53 Å². The molecule has 0 unspecified atom stereocenters. The summed E-state index contributed by atoms with van der Waals surface area (Å²) in [5.41, 5.74) is 1.61. The topological polar surface area (TPSA) is 59.6 Å². The molecule has 0 radical (unpaired) electrons. The van der Waals surface area contributed by atoms with Crippen molar-refractivity contribution in [3.63, 3.8) is 0 Å². The van der Waals surface area contributed by atoms with Crippen LogP contribution in [0.25, 0.3) is 0 Å². The minimum Gasteiger partial charge on any atom is -0.491 e. The maximum atomic E-state index is 12.0. The summed E-state index contributed by atoms with van der Waals surface area (Å²) in [6, 6.07) is 14.9. The van der Waals surface area contributed by atoms with Crippen LogP contribution in [0, 0.1) is 0 Å². The third kappa shape index (κ3) is 6.22. The number of halogens is 1. The van der Waals surface area contributed by atoms with Crippen molar-refractivity contribution in [3.05, 3.63) is 53.0 Å². The van der Waals surface area contributed by atoms with E-state index in [1.807, 2.05) is 55.5 Å². The molecule has 0 fully saturated rings. The summed E-state index contributed by atoms with van der Waals surface area (Å²) in [5, 5.41) is 5.92. The van der Waals surface area contributed by atoms with E-state index < -0.39 is 0 Å². The Labute approximate surface area is 150 Å². The van der Waals surface area contributed by atoms with Gasteiger partial charge in [-0.25, -0.2) is 0 Å². The fraction of sp³-hybridized carbons (Fsp3) is 0.278. The van der Waals surface area contributed by atoms with Crippen LogP contribution < -0.4 is 15.4 Å². The van der Waals surface area contributed by atoms with E-state index in [1.54, 1.807) is 0 Å². The van der Waals surface area contributed by atoms with Crippen LogP contribution in [0.5, 0.6) is 5.75 Å². The number of ether oxygens (including phenoxy) is 2. The number of hydrogen-bond donors (Lipinski definition) is 2. The molecule has 1 amide bonds. The van der Waals surface area contributed by atoms with Crippen molar-refractivity contribution in [2.45, 2.75) is 6.92 Å².